The summed E-state index contributed by atoms with van der Waals surface area (Å²) in [7, 11) is 0. The summed E-state index contributed by atoms with van der Waals surface area (Å²) >= 11 is 0. The molecule has 0 unspecified atom stereocenters. The Balaban J connectivity index is 1.32. The smallest absolute Gasteiger partial charge is 0.260 e. The molecule has 1 aromatic heterocycles. The van der Waals surface area contributed by atoms with Crippen molar-refractivity contribution < 1.29 is 19.1 Å². The summed E-state index contributed by atoms with van der Waals surface area (Å²) in [6.07, 6.45) is 4.25. The Labute approximate surface area is 234 Å². The van der Waals surface area contributed by atoms with E-state index in [1.54, 1.807) is 9.58 Å². The summed E-state index contributed by atoms with van der Waals surface area (Å²) in [6.45, 7) is 3.80. The quantitative estimate of drug-likeness (QED) is 0.508. The number of likely N-dealkylation sites (tertiary alicyclic amines) is 1. The fraction of sp³-hybridized carbons (Fsp3) is 0.433. The number of aromatic nitrogens is 3. The van der Waals surface area contributed by atoms with Crippen LogP contribution in [-0.4, -0.2) is 69.9 Å². The third kappa shape index (κ3) is 6.50. The summed E-state index contributed by atoms with van der Waals surface area (Å²) in [6, 6.07) is 16.6. The van der Waals surface area contributed by atoms with Gasteiger partial charge in [-0.05, 0) is 43.4 Å². The number of fused-ring (bicyclic) bond motifs is 2. The molecule has 40 heavy (non-hydrogen) atoms. The Morgan fingerprint density at radius 2 is 1.80 bits per heavy atom. The standard InChI is InChI=1S/C30H36N6O4/c1-22-8-5-6-11-26(22)40-21-27(37)35-16-12-30(13-17-35)19-24-20-36(34-33-24)15-7-14-31-28(38)25(32-29(30)39)18-23-9-3-2-4-10-23/h2-6,8-11,20,25H,7,12-19,21H2,1H3,(H,31,38)(H,32,39)/t25-/m0/s1. The van der Waals surface area contributed by atoms with Gasteiger partial charge < -0.3 is 20.3 Å². The molecule has 5 rings (SSSR count). The number of carbonyl (C=O) groups is 3. The van der Waals surface area contributed by atoms with Gasteiger partial charge in [0.05, 0.1) is 11.1 Å². The van der Waals surface area contributed by atoms with Crippen molar-refractivity contribution in [3.63, 3.8) is 0 Å². The number of ether oxygens (including phenoxy) is 1. The van der Waals surface area contributed by atoms with Crippen LogP contribution in [-0.2, 0) is 33.8 Å². The van der Waals surface area contributed by atoms with Gasteiger partial charge >= 0.3 is 0 Å². The van der Waals surface area contributed by atoms with Crippen LogP contribution >= 0.6 is 0 Å². The molecular formula is C30H36N6O4. The van der Waals surface area contributed by atoms with Gasteiger partial charge in [-0.3, -0.25) is 19.1 Å². The summed E-state index contributed by atoms with van der Waals surface area (Å²) in [5.41, 5.74) is 1.85. The lowest BCUT2D eigenvalue weighted by Gasteiger charge is -2.41. The van der Waals surface area contributed by atoms with E-state index in [-0.39, 0.29) is 24.3 Å². The number of carbonyl (C=O) groups excluding carboxylic acids is 3. The maximum atomic E-state index is 14.0. The third-order valence-corrected chi connectivity index (χ3v) is 7.87. The first kappa shape index (κ1) is 27.4. The molecule has 10 heteroatoms. The van der Waals surface area contributed by atoms with Crippen molar-refractivity contribution in [2.75, 3.05) is 26.2 Å². The van der Waals surface area contributed by atoms with Crippen molar-refractivity contribution in [3.8, 4) is 5.75 Å². The van der Waals surface area contributed by atoms with Crippen LogP contribution in [0.5, 0.6) is 5.75 Å². The second-order valence-electron chi connectivity index (χ2n) is 10.7. The van der Waals surface area contributed by atoms with Crippen LogP contribution in [0.25, 0.3) is 0 Å². The van der Waals surface area contributed by atoms with E-state index in [1.165, 1.54) is 0 Å². The molecule has 3 heterocycles. The molecule has 2 N–H and O–H groups in total. The summed E-state index contributed by atoms with van der Waals surface area (Å²) in [5.74, 6) is 0.173. The van der Waals surface area contributed by atoms with Crippen molar-refractivity contribution in [1.82, 2.24) is 30.5 Å². The molecule has 2 bridgehead atoms. The molecule has 1 fully saturated rings. The normalized spacial score (nSPS) is 19.5. The molecular weight excluding hydrogens is 508 g/mol. The van der Waals surface area contributed by atoms with Crippen molar-refractivity contribution in [2.45, 2.75) is 51.6 Å². The molecule has 2 aliphatic heterocycles. The number of para-hydroxylation sites is 1. The van der Waals surface area contributed by atoms with Crippen LogP contribution < -0.4 is 15.4 Å². The Hall–Kier alpha value is -4.21. The highest BCUT2D eigenvalue weighted by atomic mass is 16.5. The van der Waals surface area contributed by atoms with Crippen molar-refractivity contribution in [3.05, 3.63) is 77.6 Å². The molecule has 2 aromatic carbocycles. The minimum absolute atomic E-state index is 0.0578. The van der Waals surface area contributed by atoms with Crippen LogP contribution in [0.15, 0.2) is 60.8 Å². The fourth-order valence-electron chi connectivity index (χ4n) is 5.44. The van der Waals surface area contributed by atoms with Gasteiger partial charge in [-0.2, -0.15) is 0 Å². The van der Waals surface area contributed by atoms with Crippen molar-refractivity contribution >= 4 is 17.7 Å². The minimum Gasteiger partial charge on any atom is -0.484 e. The number of aryl methyl sites for hydroxylation is 2. The number of benzene rings is 2. The second kappa shape index (κ2) is 12.3. The van der Waals surface area contributed by atoms with Crippen LogP contribution in [0, 0.1) is 12.3 Å². The number of nitrogens with zero attached hydrogens (tertiary/aromatic N) is 4. The lowest BCUT2D eigenvalue weighted by molar-refractivity contribution is -0.143. The maximum Gasteiger partial charge on any atom is 0.260 e. The second-order valence-corrected chi connectivity index (χ2v) is 10.7. The van der Waals surface area contributed by atoms with Gasteiger partial charge in [-0.1, -0.05) is 53.7 Å². The lowest BCUT2D eigenvalue weighted by atomic mass is 9.73. The maximum absolute atomic E-state index is 14.0. The average Bonchev–Trinajstić information content (AvgIpc) is 3.41. The number of nitrogens with one attached hydrogen (secondary N) is 2. The monoisotopic (exact) mass is 544 g/mol. The summed E-state index contributed by atoms with van der Waals surface area (Å²) < 4.78 is 7.54. The van der Waals surface area contributed by atoms with Crippen LogP contribution in [0.2, 0.25) is 0 Å². The fourth-order valence-corrected chi connectivity index (χ4v) is 5.44. The molecule has 1 saturated heterocycles. The summed E-state index contributed by atoms with van der Waals surface area (Å²) in [5, 5.41) is 14.6. The highest BCUT2D eigenvalue weighted by Gasteiger charge is 2.44. The predicted molar refractivity (Wildman–Crippen MR) is 148 cm³/mol. The molecule has 10 nitrogen and oxygen atoms in total. The Kier molecular flexibility index (Phi) is 8.42. The largest absolute Gasteiger partial charge is 0.484 e. The van der Waals surface area contributed by atoms with E-state index in [1.807, 2.05) is 67.7 Å². The van der Waals surface area contributed by atoms with E-state index in [2.05, 4.69) is 20.9 Å². The highest BCUT2D eigenvalue weighted by Crippen LogP contribution is 2.36. The molecule has 2 aliphatic rings. The molecule has 0 saturated carbocycles. The first-order valence-corrected chi connectivity index (χ1v) is 13.9. The van der Waals surface area contributed by atoms with Gasteiger partial charge in [0.15, 0.2) is 6.61 Å². The zero-order valence-electron chi connectivity index (χ0n) is 22.8. The zero-order valence-corrected chi connectivity index (χ0v) is 22.8. The Bertz CT molecular complexity index is 1330. The third-order valence-electron chi connectivity index (χ3n) is 7.87. The Morgan fingerprint density at radius 3 is 2.58 bits per heavy atom. The zero-order chi connectivity index (χ0) is 28.0. The lowest BCUT2D eigenvalue weighted by Crippen LogP contribution is -2.56. The van der Waals surface area contributed by atoms with E-state index in [9.17, 15) is 14.4 Å². The van der Waals surface area contributed by atoms with E-state index in [4.69, 9.17) is 4.74 Å². The molecule has 1 atom stereocenters. The molecule has 0 aliphatic carbocycles. The first-order valence-electron chi connectivity index (χ1n) is 13.9. The van der Waals surface area contributed by atoms with Crippen LogP contribution in [0.4, 0.5) is 0 Å². The van der Waals surface area contributed by atoms with E-state index in [0.717, 1.165) is 16.8 Å². The molecule has 3 amide bonds. The number of hydrogen-bond donors (Lipinski definition) is 2. The van der Waals surface area contributed by atoms with Crippen molar-refractivity contribution in [2.24, 2.45) is 5.41 Å². The SMILES string of the molecule is Cc1ccccc1OCC(=O)N1CCC2(CC1)Cc1cn(nn1)CCCNC(=O)[C@H](Cc1ccccc1)NC2=O. The average molecular weight is 545 g/mol. The van der Waals surface area contributed by atoms with E-state index in [0.29, 0.717) is 64.0 Å². The number of rotatable bonds is 5. The van der Waals surface area contributed by atoms with Crippen LogP contribution in [0.1, 0.15) is 36.1 Å². The molecule has 210 valence electrons. The van der Waals surface area contributed by atoms with Gasteiger partial charge in [0.1, 0.15) is 11.8 Å². The van der Waals surface area contributed by atoms with Gasteiger partial charge in [0.25, 0.3) is 5.91 Å². The number of piperidine rings is 1. The highest BCUT2D eigenvalue weighted by molar-refractivity contribution is 5.90. The number of hydrogen-bond acceptors (Lipinski definition) is 6. The summed E-state index contributed by atoms with van der Waals surface area (Å²) in [4.78, 5) is 42.0. The van der Waals surface area contributed by atoms with E-state index >= 15 is 0 Å². The van der Waals surface area contributed by atoms with Gasteiger partial charge in [0, 0.05) is 45.2 Å². The number of amides is 3. The van der Waals surface area contributed by atoms with E-state index < -0.39 is 11.5 Å². The minimum atomic E-state index is -0.822. The van der Waals surface area contributed by atoms with Gasteiger partial charge in [-0.15, -0.1) is 5.10 Å². The molecule has 1 spiro atoms. The molecule has 0 radical (unpaired) electrons. The van der Waals surface area contributed by atoms with Gasteiger partial charge in [-0.25, -0.2) is 0 Å². The predicted octanol–water partition coefficient (Wildman–Crippen LogP) is 2.06. The Morgan fingerprint density at radius 1 is 1.05 bits per heavy atom. The van der Waals surface area contributed by atoms with Gasteiger partial charge in [0.2, 0.25) is 11.8 Å². The van der Waals surface area contributed by atoms with Crippen LogP contribution in [0.3, 0.4) is 0 Å². The topological polar surface area (TPSA) is 118 Å². The first-order chi connectivity index (χ1) is 19.4. The van der Waals surface area contributed by atoms with Crippen molar-refractivity contribution in [1.29, 1.82) is 0 Å². The molecule has 3 aromatic rings.